The molecule has 144 valence electrons. The van der Waals surface area contributed by atoms with Crippen LogP contribution in [-0.2, 0) is 4.79 Å². The maximum atomic E-state index is 12.5. The number of benzene rings is 1. The van der Waals surface area contributed by atoms with Crippen molar-refractivity contribution in [1.82, 2.24) is 20.3 Å². The highest BCUT2D eigenvalue weighted by molar-refractivity contribution is 5.95. The van der Waals surface area contributed by atoms with Crippen molar-refractivity contribution in [2.45, 2.75) is 33.2 Å². The summed E-state index contributed by atoms with van der Waals surface area (Å²) in [5.41, 5.74) is 1.25. The molecule has 0 fully saturated rings. The van der Waals surface area contributed by atoms with Crippen LogP contribution in [0.1, 0.15) is 36.5 Å². The molecular weight excluding hydrogens is 352 g/mol. The van der Waals surface area contributed by atoms with E-state index in [2.05, 4.69) is 15.6 Å². The summed E-state index contributed by atoms with van der Waals surface area (Å²) in [4.78, 5) is 23.9. The third-order valence-electron chi connectivity index (χ3n) is 4.19. The Morgan fingerprint density at radius 2 is 1.96 bits per heavy atom. The van der Waals surface area contributed by atoms with Crippen molar-refractivity contribution in [1.29, 1.82) is 0 Å². The molecule has 0 spiro atoms. The van der Waals surface area contributed by atoms with Crippen molar-refractivity contribution in [3.05, 3.63) is 29.6 Å². The summed E-state index contributed by atoms with van der Waals surface area (Å²) in [7, 11) is 0. The molecule has 27 heavy (non-hydrogen) atoms. The molecule has 1 atom stereocenters. The van der Waals surface area contributed by atoms with Gasteiger partial charge in [-0.3, -0.25) is 4.79 Å². The van der Waals surface area contributed by atoms with Gasteiger partial charge in [-0.15, -0.1) is 5.10 Å². The fourth-order valence-corrected chi connectivity index (χ4v) is 2.87. The molecule has 0 bridgehead atoms. The predicted molar refractivity (Wildman–Crippen MR) is 95.4 cm³/mol. The zero-order chi connectivity index (χ0) is 19.6. The van der Waals surface area contributed by atoms with Gasteiger partial charge in [0.25, 0.3) is 5.91 Å². The number of aromatic nitrogens is 3. The Labute approximate surface area is 156 Å². The molecule has 0 aliphatic carbocycles. The Bertz CT molecular complexity index is 861. The average Bonchev–Trinajstić information content (AvgIpc) is 3.01. The fraction of sp³-hybridized carbons (Fsp3) is 0.444. The third kappa shape index (κ3) is 4.02. The smallest absolute Gasteiger partial charge is 0.326 e. The quantitative estimate of drug-likeness (QED) is 0.788. The number of hydrogen-bond donors (Lipinski definition) is 2. The predicted octanol–water partition coefficient (Wildman–Crippen LogP) is 1.58. The standard InChI is InChI=1S/C18H22N4O5/c1-10(2)8-13(18(24)25)19-17(23)16-11(3)22(21-20-16)12-4-5-14-15(9-12)27-7-6-26-14/h4-5,9-10,13H,6-8H2,1-3H3,(H,19,23)(H,24,25)/t13-/m0/s1. The molecule has 3 rings (SSSR count). The summed E-state index contributed by atoms with van der Waals surface area (Å²) < 4.78 is 12.6. The molecule has 1 aliphatic heterocycles. The second kappa shape index (κ2) is 7.65. The number of amides is 1. The van der Waals surface area contributed by atoms with Crippen LogP contribution in [0.3, 0.4) is 0 Å². The van der Waals surface area contributed by atoms with Gasteiger partial charge in [0.15, 0.2) is 17.2 Å². The molecule has 2 heterocycles. The van der Waals surface area contributed by atoms with Crippen LogP contribution in [0, 0.1) is 12.8 Å². The molecule has 0 saturated heterocycles. The first-order valence-electron chi connectivity index (χ1n) is 8.72. The van der Waals surface area contributed by atoms with Crippen LogP contribution in [0.4, 0.5) is 0 Å². The molecule has 0 unspecified atom stereocenters. The van der Waals surface area contributed by atoms with Crippen molar-refractivity contribution in [2.75, 3.05) is 13.2 Å². The number of nitrogens with zero attached hydrogens (tertiary/aromatic N) is 3. The lowest BCUT2D eigenvalue weighted by atomic mass is 10.0. The maximum Gasteiger partial charge on any atom is 0.326 e. The number of aliphatic carboxylic acids is 1. The normalized spacial score (nSPS) is 14.1. The van der Waals surface area contributed by atoms with Gasteiger partial charge in [0.2, 0.25) is 0 Å². The van der Waals surface area contributed by atoms with Crippen LogP contribution in [-0.4, -0.2) is 51.2 Å². The first-order valence-corrected chi connectivity index (χ1v) is 8.72. The maximum absolute atomic E-state index is 12.5. The van der Waals surface area contributed by atoms with E-state index in [1.807, 2.05) is 13.8 Å². The molecule has 1 aromatic heterocycles. The van der Waals surface area contributed by atoms with Crippen LogP contribution >= 0.6 is 0 Å². The van der Waals surface area contributed by atoms with Crippen LogP contribution in [0.25, 0.3) is 5.69 Å². The lowest BCUT2D eigenvalue weighted by Gasteiger charge is -2.19. The molecule has 0 radical (unpaired) electrons. The molecule has 1 amide bonds. The van der Waals surface area contributed by atoms with Gasteiger partial charge in [0.05, 0.1) is 11.4 Å². The minimum atomic E-state index is -1.08. The highest BCUT2D eigenvalue weighted by Gasteiger charge is 2.25. The van der Waals surface area contributed by atoms with Gasteiger partial charge >= 0.3 is 5.97 Å². The highest BCUT2D eigenvalue weighted by Crippen LogP contribution is 2.32. The number of rotatable bonds is 6. The lowest BCUT2D eigenvalue weighted by molar-refractivity contribution is -0.139. The van der Waals surface area contributed by atoms with Crippen molar-refractivity contribution >= 4 is 11.9 Å². The van der Waals surface area contributed by atoms with E-state index in [4.69, 9.17) is 9.47 Å². The second-order valence-electron chi connectivity index (χ2n) is 6.76. The monoisotopic (exact) mass is 374 g/mol. The van der Waals surface area contributed by atoms with Crippen LogP contribution in [0.2, 0.25) is 0 Å². The van der Waals surface area contributed by atoms with Gasteiger partial charge in [0, 0.05) is 6.07 Å². The number of carboxylic acids is 1. The minimum absolute atomic E-state index is 0.0832. The average molecular weight is 374 g/mol. The zero-order valence-electron chi connectivity index (χ0n) is 15.4. The minimum Gasteiger partial charge on any atom is -0.486 e. The van der Waals surface area contributed by atoms with Gasteiger partial charge < -0.3 is 19.9 Å². The molecule has 2 aromatic rings. The third-order valence-corrected chi connectivity index (χ3v) is 4.19. The number of fused-ring (bicyclic) bond motifs is 1. The highest BCUT2D eigenvalue weighted by atomic mass is 16.6. The topological polar surface area (TPSA) is 116 Å². The van der Waals surface area contributed by atoms with E-state index in [1.165, 1.54) is 4.68 Å². The van der Waals surface area contributed by atoms with Gasteiger partial charge in [0.1, 0.15) is 19.3 Å². The summed E-state index contributed by atoms with van der Waals surface area (Å²) in [6, 6.07) is 4.34. The van der Waals surface area contributed by atoms with E-state index >= 15 is 0 Å². The summed E-state index contributed by atoms with van der Waals surface area (Å²) >= 11 is 0. The van der Waals surface area contributed by atoms with Crippen molar-refractivity contribution < 1.29 is 24.2 Å². The summed E-state index contributed by atoms with van der Waals surface area (Å²) in [5, 5.41) is 19.8. The number of carbonyl (C=O) groups is 2. The van der Waals surface area contributed by atoms with Gasteiger partial charge in [-0.05, 0) is 31.4 Å². The molecule has 9 nitrogen and oxygen atoms in total. The Balaban J connectivity index is 1.82. The number of carboxylic acid groups (broad SMARTS) is 1. The number of carbonyl (C=O) groups excluding carboxylic acids is 1. The molecule has 9 heteroatoms. The van der Waals surface area contributed by atoms with E-state index in [-0.39, 0.29) is 11.6 Å². The van der Waals surface area contributed by atoms with E-state index in [1.54, 1.807) is 25.1 Å². The van der Waals surface area contributed by atoms with Crippen LogP contribution in [0.15, 0.2) is 18.2 Å². The molecule has 1 aliphatic rings. The molecule has 1 aromatic carbocycles. The van der Waals surface area contributed by atoms with E-state index in [9.17, 15) is 14.7 Å². The number of hydrogen-bond acceptors (Lipinski definition) is 6. The Morgan fingerprint density at radius 1 is 1.26 bits per heavy atom. The zero-order valence-corrected chi connectivity index (χ0v) is 15.4. The van der Waals surface area contributed by atoms with Gasteiger partial charge in [-0.2, -0.15) is 0 Å². The van der Waals surface area contributed by atoms with E-state index < -0.39 is 17.9 Å². The Morgan fingerprint density at radius 3 is 2.63 bits per heavy atom. The molecule has 0 saturated carbocycles. The largest absolute Gasteiger partial charge is 0.486 e. The van der Waals surface area contributed by atoms with Gasteiger partial charge in [-0.25, -0.2) is 9.48 Å². The Kier molecular flexibility index (Phi) is 5.29. The summed E-state index contributed by atoms with van der Waals surface area (Å²) in [6.07, 6.45) is 0.330. The van der Waals surface area contributed by atoms with Crippen molar-refractivity contribution in [2.24, 2.45) is 5.92 Å². The number of ether oxygens (including phenoxy) is 2. The van der Waals surface area contributed by atoms with Crippen molar-refractivity contribution in [3.8, 4) is 17.2 Å². The summed E-state index contributed by atoms with van der Waals surface area (Å²) in [6.45, 7) is 6.45. The summed E-state index contributed by atoms with van der Waals surface area (Å²) in [5.74, 6) is -0.264. The van der Waals surface area contributed by atoms with Crippen LogP contribution < -0.4 is 14.8 Å². The molecule has 2 N–H and O–H groups in total. The first-order chi connectivity index (χ1) is 12.9. The van der Waals surface area contributed by atoms with Gasteiger partial charge in [-0.1, -0.05) is 19.1 Å². The second-order valence-corrected chi connectivity index (χ2v) is 6.76. The lowest BCUT2D eigenvalue weighted by Crippen LogP contribution is -2.42. The van der Waals surface area contributed by atoms with E-state index in [0.29, 0.717) is 42.5 Å². The van der Waals surface area contributed by atoms with Crippen molar-refractivity contribution in [3.63, 3.8) is 0 Å². The number of nitrogens with one attached hydrogen (secondary N) is 1. The Hall–Kier alpha value is -3.10. The first kappa shape index (κ1) is 18.7. The fourth-order valence-electron chi connectivity index (χ4n) is 2.87. The van der Waals surface area contributed by atoms with Crippen LogP contribution in [0.5, 0.6) is 11.5 Å². The SMILES string of the molecule is Cc1c(C(=O)N[C@@H](CC(C)C)C(=O)O)nnn1-c1ccc2c(c1)OCCO2. The van der Waals surface area contributed by atoms with E-state index in [0.717, 1.165) is 0 Å². The molecular formula is C18H22N4O5.